The van der Waals surface area contributed by atoms with Crippen LogP contribution < -0.4 is 4.74 Å². The molecule has 0 aliphatic rings. The fraction of sp³-hybridized carbons (Fsp3) is 0.222. The molecule has 0 bridgehead atoms. The van der Waals surface area contributed by atoms with E-state index in [1.807, 2.05) is 0 Å². The smallest absolute Gasteiger partial charge is 0.393 e. The molecule has 0 aliphatic heterocycles. The minimum atomic E-state index is -2.86. The zero-order chi connectivity index (χ0) is 11.3. The van der Waals surface area contributed by atoms with E-state index >= 15 is 0 Å². The van der Waals surface area contributed by atoms with E-state index in [0.29, 0.717) is 0 Å². The van der Waals surface area contributed by atoms with Crippen LogP contribution in [0.3, 0.4) is 0 Å². The van der Waals surface area contributed by atoms with Gasteiger partial charge in [0.15, 0.2) is 0 Å². The van der Waals surface area contributed by atoms with Crippen molar-refractivity contribution < 1.29 is 23.0 Å². The monoisotopic (exact) mass is 232 g/mol. The van der Waals surface area contributed by atoms with Gasteiger partial charge in [0.05, 0.1) is 6.61 Å². The molecule has 1 atom stereocenters. The Balaban J connectivity index is 2.62. The fourth-order valence-corrected chi connectivity index (χ4v) is 1.45. The predicted octanol–water partition coefficient (Wildman–Crippen LogP) is 2.84. The molecule has 0 aromatic heterocycles. The first-order valence-corrected chi connectivity index (χ1v) is 5.59. The fourth-order valence-electron chi connectivity index (χ4n) is 0.869. The van der Waals surface area contributed by atoms with E-state index in [-0.39, 0.29) is 12.4 Å². The van der Waals surface area contributed by atoms with Gasteiger partial charge in [0, 0.05) is 6.07 Å². The van der Waals surface area contributed by atoms with Gasteiger partial charge < -0.3 is 9.26 Å². The number of benzene rings is 1. The standard InChI is InChI=1S/C9H10FO4P/c1-2-13-15(12)9(11)14-8-5-3-4-7(10)6-8/h3-6,15H,2H2,1H3. The van der Waals surface area contributed by atoms with Crippen LogP contribution in [-0.2, 0) is 9.09 Å². The molecule has 0 saturated heterocycles. The molecule has 0 amide bonds. The zero-order valence-electron chi connectivity index (χ0n) is 8.03. The molecule has 1 aromatic rings. The zero-order valence-corrected chi connectivity index (χ0v) is 9.03. The first-order valence-electron chi connectivity index (χ1n) is 4.28. The number of hydrogen-bond donors (Lipinski definition) is 0. The molecule has 15 heavy (non-hydrogen) atoms. The van der Waals surface area contributed by atoms with Crippen LogP contribution in [0.15, 0.2) is 24.3 Å². The van der Waals surface area contributed by atoms with Crippen LogP contribution in [0.5, 0.6) is 5.75 Å². The maximum Gasteiger partial charge on any atom is 0.393 e. The van der Waals surface area contributed by atoms with Crippen molar-refractivity contribution in [1.29, 1.82) is 0 Å². The van der Waals surface area contributed by atoms with Crippen LogP contribution in [0.2, 0.25) is 0 Å². The molecule has 82 valence electrons. The van der Waals surface area contributed by atoms with E-state index in [0.717, 1.165) is 6.07 Å². The second-order valence-corrected chi connectivity index (χ2v) is 3.84. The first kappa shape index (κ1) is 11.9. The third-order valence-corrected chi connectivity index (χ3v) is 2.43. The van der Waals surface area contributed by atoms with Crippen molar-refractivity contribution in [3.8, 4) is 5.75 Å². The Labute approximate surface area is 86.9 Å². The highest BCUT2D eigenvalue weighted by molar-refractivity contribution is 7.58. The third kappa shape index (κ3) is 3.81. The second kappa shape index (κ2) is 5.63. The molecule has 4 nitrogen and oxygen atoms in total. The van der Waals surface area contributed by atoms with Gasteiger partial charge in [-0.05, 0) is 19.1 Å². The summed E-state index contributed by atoms with van der Waals surface area (Å²) in [5.41, 5.74) is -0.979. The molecule has 0 spiro atoms. The van der Waals surface area contributed by atoms with Gasteiger partial charge in [0.1, 0.15) is 11.6 Å². The van der Waals surface area contributed by atoms with Crippen molar-refractivity contribution in [3.05, 3.63) is 30.1 Å². The van der Waals surface area contributed by atoms with Crippen LogP contribution in [0.1, 0.15) is 6.92 Å². The first-order chi connectivity index (χ1) is 7.13. The molecule has 0 radical (unpaired) electrons. The van der Waals surface area contributed by atoms with Crippen molar-refractivity contribution in [1.82, 2.24) is 0 Å². The van der Waals surface area contributed by atoms with Crippen LogP contribution in [0, 0.1) is 5.82 Å². The lowest BCUT2D eigenvalue weighted by atomic mass is 10.3. The Morgan fingerprint density at radius 1 is 1.53 bits per heavy atom. The van der Waals surface area contributed by atoms with Crippen molar-refractivity contribution in [2.45, 2.75) is 6.92 Å². The summed E-state index contributed by atoms with van der Waals surface area (Å²) in [5.74, 6) is -0.519. The third-order valence-electron chi connectivity index (χ3n) is 1.45. The highest BCUT2D eigenvalue weighted by Gasteiger charge is 2.14. The van der Waals surface area contributed by atoms with E-state index in [1.165, 1.54) is 18.2 Å². The number of halogens is 1. The number of carbonyl (C=O) groups excluding carboxylic acids is 1. The van der Waals surface area contributed by atoms with Gasteiger partial charge in [0.2, 0.25) is 0 Å². The summed E-state index contributed by atoms with van der Waals surface area (Å²) in [4.78, 5) is 11.1. The van der Waals surface area contributed by atoms with E-state index in [9.17, 15) is 13.8 Å². The molecular formula is C9H10FO4P. The normalized spacial score (nSPS) is 12.1. The SMILES string of the molecule is CCO[PH](=O)C(=O)Oc1cccc(F)c1. The lowest BCUT2D eigenvalue weighted by Gasteiger charge is -2.03. The van der Waals surface area contributed by atoms with Gasteiger partial charge in [-0.15, -0.1) is 0 Å². The van der Waals surface area contributed by atoms with E-state index in [2.05, 4.69) is 9.26 Å². The van der Waals surface area contributed by atoms with Crippen molar-refractivity contribution in [2.75, 3.05) is 6.61 Å². The quantitative estimate of drug-likeness (QED) is 0.749. The van der Waals surface area contributed by atoms with Gasteiger partial charge >= 0.3 is 5.71 Å². The molecule has 0 aliphatic carbocycles. The summed E-state index contributed by atoms with van der Waals surface area (Å²) in [6.07, 6.45) is 0. The number of hydrogen-bond acceptors (Lipinski definition) is 4. The topological polar surface area (TPSA) is 52.6 Å². The minimum Gasteiger partial charge on any atom is -0.419 e. The average molecular weight is 232 g/mol. The highest BCUT2D eigenvalue weighted by atomic mass is 31.1. The Kier molecular flexibility index (Phi) is 4.46. The Morgan fingerprint density at radius 2 is 2.27 bits per heavy atom. The van der Waals surface area contributed by atoms with Crippen LogP contribution in [0.25, 0.3) is 0 Å². The highest BCUT2D eigenvalue weighted by Crippen LogP contribution is 2.26. The van der Waals surface area contributed by atoms with Crippen molar-refractivity contribution in [2.24, 2.45) is 0 Å². The number of carbonyl (C=O) groups is 1. The van der Waals surface area contributed by atoms with E-state index < -0.39 is 19.6 Å². The summed E-state index contributed by atoms with van der Waals surface area (Å²) >= 11 is 0. The van der Waals surface area contributed by atoms with Crippen molar-refractivity contribution >= 4 is 13.7 Å². The van der Waals surface area contributed by atoms with Gasteiger partial charge in [-0.3, -0.25) is 4.57 Å². The summed E-state index contributed by atoms with van der Waals surface area (Å²) in [6.45, 7) is 1.77. The summed E-state index contributed by atoms with van der Waals surface area (Å²) in [7, 11) is -2.86. The average Bonchev–Trinajstić information content (AvgIpc) is 2.18. The molecule has 1 aromatic carbocycles. The van der Waals surface area contributed by atoms with Crippen LogP contribution in [-0.4, -0.2) is 12.3 Å². The predicted molar refractivity (Wildman–Crippen MR) is 53.1 cm³/mol. The van der Waals surface area contributed by atoms with E-state index in [1.54, 1.807) is 6.92 Å². The molecule has 1 unspecified atom stereocenters. The van der Waals surface area contributed by atoms with Gasteiger partial charge in [-0.2, -0.15) is 0 Å². The Bertz CT molecular complexity index is 380. The summed E-state index contributed by atoms with van der Waals surface area (Å²) in [6, 6.07) is 5.01. The molecule has 6 heteroatoms. The molecule has 0 N–H and O–H groups in total. The maximum atomic E-state index is 12.7. The Hall–Kier alpha value is -1.19. The molecule has 0 fully saturated rings. The minimum absolute atomic E-state index is 0.0121. The molecule has 0 heterocycles. The molecule has 0 saturated carbocycles. The second-order valence-electron chi connectivity index (χ2n) is 2.57. The van der Waals surface area contributed by atoms with Crippen LogP contribution in [0.4, 0.5) is 9.18 Å². The molecular weight excluding hydrogens is 222 g/mol. The van der Waals surface area contributed by atoms with Gasteiger partial charge in [-0.25, -0.2) is 9.18 Å². The summed E-state index contributed by atoms with van der Waals surface area (Å²) < 4.78 is 32.9. The van der Waals surface area contributed by atoms with Crippen LogP contribution >= 0.6 is 8.03 Å². The molecule has 1 rings (SSSR count). The largest absolute Gasteiger partial charge is 0.419 e. The van der Waals surface area contributed by atoms with E-state index in [4.69, 9.17) is 0 Å². The van der Waals surface area contributed by atoms with Gasteiger partial charge in [0.25, 0.3) is 8.03 Å². The van der Waals surface area contributed by atoms with Crippen molar-refractivity contribution in [3.63, 3.8) is 0 Å². The number of rotatable bonds is 4. The Morgan fingerprint density at radius 3 is 2.87 bits per heavy atom. The van der Waals surface area contributed by atoms with Gasteiger partial charge in [-0.1, -0.05) is 6.07 Å². The lowest BCUT2D eigenvalue weighted by molar-refractivity contribution is 0.218. The number of ether oxygens (including phenoxy) is 1. The summed E-state index contributed by atoms with van der Waals surface area (Å²) in [5, 5.41) is 0. The lowest BCUT2D eigenvalue weighted by Crippen LogP contribution is -2.02. The maximum absolute atomic E-state index is 12.7.